The fourth-order valence-electron chi connectivity index (χ4n) is 1.37. The first-order valence-electron chi connectivity index (χ1n) is 4.65. The van der Waals surface area contributed by atoms with Gasteiger partial charge >= 0.3 is 5.97 Å². The average molecular weight is 317 g/mol. The van der Waals surface area contributed by atoms with Gasteiger partial charge in [0, 0.05) is 4.47 Å². The summed E-state index contributed by atoms with van der Waals surface area (Å²) in [4.78, 5) is 14.8. The van der Waals surface area contributed by atoms with E-state index in [1.807, 2.05) is 0 Å². The number of carbonyl (C=O) groups is 1. The molecule has 1 N–H and O–H groups in total. The summed E-state index contributed by atoms with van der Waals surface area (Å²) in [6.07, 6.45) is 0. The van der Waals surface area contributed by atoms with E-state index >= 15 is 0 Å². The highest BCUT2D eigenvalue weighted by Gasteiger charge is 2.18. The molecule has 0 atom stereocenters. The maximum Gasteiger partial charge on any atom is 0.358 e. The molecule has 1 heterocycles. The number of carboxylic acids is 1. The molecule has 0 radical (unpaired) electrons. The van der Waals surface area contributed by atoms with E-state index in [2.05, 4.69) is 20.9 Å². The molecule has 1 aromatic heterocycles. The monoisotopic (exact) mass is 315 g/mol. The topological polar surface area (TPSA) is 63.3 Å². The van der Waals surface area contributed by atoms with Crippen LogP contribution in [0.5, 0.6) is 0 Å². The molecule has 0 amide bonds. The smallest absolute Gasteiger partial charge is 0.358 e. The van der Waals surface area contributed by atoms with E-state index in [1.54, 1.807) is 25.1 Å². The van der Waals surface area contributed by atoms with E-state index in [0.717, 1.165) is 4.47 Å². The molecular weight excluding hydrogens is 309 g/mol. The van der Waals surface area contributed by atoms with Crippen LogP contribution in [-0.4, -0.2) is 16.1 Å². The third-order valence-corrected chi connectivity index (χ3v) is 2.98. The lowest BCUT2D eigenvalue weighted by Gasteiger charge is -1.99. The van der Waals surface area contributed by atoms with Crippen molar-refractivity contribution >= 4 is 33.5 Å². The molecule has 0 unspecified atom stereocenters. The Bertz CT molecular complexity index is 594. The van der Waals surface area contributed by atoms with E-state index in [-0.39, 0.29) is 17.3 Å². The highest BCUT2D eigenvalue weighted by molar-refractivity contribution is 9.10. The molecule has 88 valence electrons. The van der Waals surface area contributed by atoms with Gasteiger partial charge in [0.15, 0.2) is 5.69 Å². The maximum absolute atomic E-state index is 10.9. The van der Waals surface area contributed by atoms with E-state index in [4.69, 9.17) is 21.1 Å². The summed E-state index contributed by atoms with van der Waals surface area (Å²) < 4.78 is 6.11. The Morgan fingerprint density at radius 2 is 2.24 bits per heavy atom. The minimum atomic E-state index is -1.12. The van der Waals surface area contributed by atoms with Gasteiger partial charge in [0.1, 0.15) is 5.76 Å². The van der Waals surface area contributed by atoms with Crippen LogP contribution in [0.4, 0.5) is 0 Å². The predicted molar refractivity (Wildman–Crippen MR) is 66.3 cm³/mol. The Balaban J connectivity index is 2.57. The quantitative estimate of drug-likeness (QED) is 0.916. The van der Waals surface area contributed by atoms with E-state index in [0.29, 0.717) is 10.6 Å². The van der Waals surface area contributed by atoms with Gasteiger partial charge in [-0.1, -0.05) is 27.5 Å². The van der Waals surface area contributed by atoms with Gasteiger partial charge in [-0.2, -0.15) is 0 Å². The zero-order valence-electron chi connectivity index (χ0n) is 8.70. The normalized spacial score (nSPS) is 10.5. The van der Waals surface area contributed by atoms with E-state index in [9.17, 15) is 4.79 Å². The lowest BCUT2D eigenvalue weighted by molar-refractivity contribution is 0.0689. The fourth-order valence-corrected chi connectivity index (χ4v) is 1.93. The van der Waals surface area contributed by atoms with Crippen molar-refractivity contribution in [3.8, 4) is 11.5 Å². The number of aromatic carboxylic acids is 1. The molecule has 0 spiro atoms. The van der Waals surface area contributed by atoms with Gasteiger partial charge in [-0.25, -0.2) is 9.78 Å². The highest BCUT2D eigenvalue weighted by Crippen LogP contribution is 2.31. The van der Waals surface area contributed by atoms with Crippen LogP contribution >= 0.6 is 27.5 Å². The Kier molecular flexibility index (Phi) is 3.22. The Morgan fingerprint density at radius 1 is 1.53 bits per heavy atom. The van der Waals surface area contributed by atoms with Crippen molar-refractivity contribution in [2.24, 2.45) is 0 Å². The molecule has 6 heteroatoms. The van der Waals surface area contributed by atoms with Crippen LogP contribution < -0.4 is 0 Å². The molecule has 0 aliphatic carbocycles. The first kappa shape index (κ1) is 12.1. The minimum Gasteiger partial charge on any atom is -0.476 e. The van der Waals surface area contributed by atoms with Gasteiger partial charge in [-0.15, -0.1) is 0 Å². The SMILES string of the molecule is Cc1oc(-c2cc(Br)ccc2Cl)nc1C(=O)O. The Labute approximate surface area is 110 Å². The van der Waals surface area contributed by atoms with Crippen LogP contribution in [0, 0.1) is 6.92 Å². The minimum absolute atomic E-state index is 0.101. The number of hydrogen-bond acceptors (Lipinski definition) is 3. The molecule has 0 fully saturated rings. The standard InChI is InChI=1S/C11H7BrClNO3/c1-5-9(11(15)16)14-10(17-5)7-4-6(12)2-3-8(7)13/h2-4H,1H3,(H,15,16). The second-order valence-electron chi connectivity index (χ2n) is 3.35. The number of oxazole rings is 1. The Hall–Kier alpha value is -1.33. The number of aryl methyl sites for hydroxylation is 1. The lowest BCUT2D eigenvalue weighted by atomic mass is 10.2. The van der Waals surface area contributed by atoms with Crippen molar-refractivity contribution in [2.45, 2.75) is 6.92 Å². The second kappa shape index (κ2) is 4.50. The third kappa shape index (κ3) is 2.35. The van der Waals surface area contributed by atoms with Crippen LogP contribution in [0.15, 0.2) is 27.1 Å². The van der Waals surface area contributed by atoms with E-state index in [1.165, 1.54) is 0 Å². The number of rotatable bonds is 2. The highest BCUT2D eigenvalue weighted by atomic mass is 79.9. The lowest BCUT2D eigenvalue weighted by Crippen LogP contribution is -1.98. The largest absolute Gasteiger partial charge is 0.476 e. The molecule has 2 aromatic rings. The van der Waals surface area contributed by atoms with Crippen molar-refractivity contribution in [2.75, 3.05) is 0 Å². The van der Waals surface area contributed by atoms with Gasteiger partial charge in [-0.3, -0.25) is 0 Å². The number of halogens is 2. The average Bonchev–Trinajstić information content (AvgIpc) is 2.64. The molecule has 0 saturated carbocycles. The molecule has 1 aromatic carbocycles. The molecule has 4 nitrogen and oxygen atoms in total. The summed E-state index contributed by atoms with van der Waals surface area (Å²) in [6.45, 7) is 1.55. The zero-order valence-corrected chi connectivity index (χ0v) is 11.0. The molecule has 0 aliphatic rings. The molecule has 0 aliphatic heterocycles. The van der Waals surface area contributed by atoms with Crippen LogP contribution in [0.3, 0.4) is 0 Å². The van der Waals surface area contributed by atoms with Crippen molar-refractivity contribution < 1.29 is 14.3 Å². The first-order chi connectivity index (χ1) is 7.99. The molecule has 17 heavy (non-hydrogen) atoms. The number of aromatic nitrogens is 1. The number of benzene rings is 1. The summed E-state index contributed by atoms with van der Waals surface area (Å²) in [6, 6.07) is 5.18. The maximum atomic E-state index is 10.9. The molecule has 2 rings (SSSR count). The summed E-state index contributed by atoms with van der Waals surface area (Å²) >= 11 is 9.31. The van der Waals surface area contributed by atoms with Crippen molar-refractivity contribution in [3.05, 3.63) is 39.1 Å². The van der Waals surface area contributed by atoms with Gasteiger partial charge in [0.25, 0.3) is 0 Å². The third-order valence-electron chi connectivity index (χ3n) is 2.16. The van der Waals surface area contributed by atoms with Crippen LogP contribution in [-0.2, 0) is 0 Å². The summed E-state index contributed by atoms with van der Waals surface area (Å²) in [5, 5.41) is 9.34. The van der Waals surface area contributed by atoms with Crippen LogP contribution in [0.1, 0.15) is 16.2 Å². The molecular formula is C11H7BrClNO3. The van der Waals surface area contributed by atoms with Crippen LogP contribution in [0.25, 0.3) is 11.5 Å². The number of nitrogens with zero attached hydrogens (tertiary/aromatic N) is 1. The van der Waals surface area contributed by atoms with Gasteiger partial charge in [0.2, 0.25) is 5.89 Å². The van der Waals surface area contributed by atoms with Gasteiger partial charge in [0.05, 0.1) is 10.6 Å². The number of carboxylic acid groups (broad SMARTS) is 1. The van der Waals surface area contributed by atoms with E-state index < -0.39 is 5.97 Å². The summed E-state index contributed by atoms with van der Waals surface area (Å²) in [5.41, 5.74) is 0.452. The van der Waals surface area contributed by atoms with Crippen molar-refractivity contribution in [1.29, 1.82) is 0 Å². The number of hydrogen-bond donors (Lipinski definition) is 1. The van der Waals surface area contributed by atoms with Gasteiger partial charge in [-0.05, 0) is 25.1 Å². The molecule has 0 saturated heterocycles. The first-order valence-corrected chi connectivity index (χ1v) is 5.82. The zero-order chi connectivity index (χ0) is 12.6. The van der Waals surface area contributed by atoms with Crippen molar-refractivity contribution in [1.82, 2.24) is 4.98 Å². The predicted octanol–water partition coefficient (Wildman–Crippen LogP) is 3.76. The fraction of sp³-hybridized carbons (Fsp3) is 0.0909. The Morgan fingerprint density at radius 3 is 2.82 bits per heavy atom. The molecule has 0 bridgehead atoms. The van der Waals surface area contributed by atoms with Gasteiger partial charge < -0.3 is 9.52 Å². The van der Waals surface area contributed by atoms with Crippen molar-refractivity contribution in [3.63, 3.8) is 0 Å². The summed E-state index contributed by atoms with van der Waals surface area (Å²) in [7, 11) is 0. The van der Waals surface area contributed by atoms with Crippen LogP contribution in [0.2, 0.25) is 5.02 Å². The summed E-state index contributed by atoms with van der Waals surface area (Å²) in [5.74, 6) is -0.668. The second-order valence-corrected chi connectivity index (χ2v) is 4.68.